The summed E-state index contributed by atoms with van der Waals surface area (Å²) in [6, 6.07) is 5.47. The van der Waals surface area contributed by atoms with E-state index in [1.807, 2.05) is 6.07 Å². The third-order valence-corrected chi connectivity index (χ3v) is 4.70. The molecule has 0 aromatic heterocycles. The van der Waals surface area contributed by atoms with Gasteiger partial charge in [0.25, 0.3) is 0 Å². The molecule has 0 spiro atoms. The van der Waals surface area contributed by atoms with Crippen molar-refractivity contribution >= 4 is 11.4 Å². The minimum absolute atomic E-state index is 0.255. The second-order valence-electron chi connectivity index (χ2n) is 6.02. The first kappa shape index (κ1) is 13.7. The lowest BCUT2D eigenvalue weighted by Crippen LogP contribution is -2.46. The summed E-state index contributed by atoms with van der Waals surface area (Å²) in [7, 11) is 0. The van der Waals surface area contributed by atoms with E-state index in [-0.39, 0.29) is 5.82 Å². The molecule has 1 aromatic rings. The Bertz CT molecular complexity index is 449. The molecule has 2 aliphatic rings. The van der Waals surface area contributed by atoms with E-state index in [1.165, 1.54) is 57.3 Å². The first-order chi connectivity index (χ1) is 9.74. The van der Waals surface area contributed by atoms with Crippen LogP contribution < -0.4 is 10.6 Å². The van der Waals surface area contributed by atoms with Gasteiger partial charge in [0, 0.05) is 19.1 Å². The molecular formula is C16H24FN3. The highest BCUT2D eigenvalue weighted by molar-refractivity contribution is 5.67. The average Bonchev–Trinajstić information content (AvgIpc) is 2.48. The van der Waals surface area contributed by atoms with Gasteiger partial charge in [-0.25, -0.2) is 4.39 Å². The van der Waals surface area contributed by atoms with Crippen LogP contribution >= 0.6 is 0 Å². The third-order valence-electron chi connectivity index (χ3n) is 4.70. The number of anilines is 2. The van der Waals surface area contributed by atoms with Gasteiger partial charge < -0.3 is 15.5 Å². The Morgan fingerprint density at radius 1 is 1.00 bits per heavy atom. The van der Waals surface area contributed by atoms with E-state index in [9.17, 15) is 4.39 Å². The molecule has 3 nitrogen and oxygen atoms in total. The highest BCUT2D eigenvalue weighted by atomic mass is 19.1. The van der Waals surface area contributed by atoms with Gasteiger partial charge in [0.15, 0.2) is 0 Å². The van der Waals surface area contributed by atoms with Gasteiger partial charge in [-0.05, 0) is 57.0 Å². The number of likely N-dealkylation sites (tertiary alicyclic amines) is 1. The van der Waals surface area contributed by atoms with E-state index in [0.717, 1.165) is 24.8 Å². The van der Waals surface area contributed by atoms with Crippen LogP contribution in [0.3, 0.4) is 0 Å². The molecular weight excluding hydrogens is 253 g/mol. The van der Waals surface area contributed by atoms with E-state index in [4.69, 9.17) is 5.73 Å². The van der Waals surface area contributed by atoms with Gasteiger partial charge in [-0.1, -0.05) is 6.42 Å². The second-order valence-corrected chi connectivity index (χ2v) is 6.02. The van der Waals surface area contributed by atoms with Crippen LogP contribution in [0, 0.1) is 5.82 Å². The summed E-state index contributed by atoms with van der Waals surface area (Å²) in [5.41, 5.74) is 7.48. The molecule has 2 fully saturated rings. The Kier molecular flexibility index (Phi) is 4.10. The van der Waals surface area contributed by atoms with Crippen LogP contribution in [0.4, 0.5) is 15.8 Å². The smallest absolute Gasteiger partial charge is 0.125 e. The van der Waals surface area contributed by atoms with Crippen LogP contribution in [0.15, 0.2) is 18.2 Å². The van der Waals surface area contributed by atoms with Crippen LogP contribution in [0.2, 0.25) is 0 Å². The van der Waals surface area contributed by atoms with Crippen molar-refractivity contribution in [3.63, 3.8) is 0 Å². The molecule has 0 aliphatic carbocycles. The summed E-state index contributed by atoms with van der Waals surface area (Å²) in [5, 5.41) is 0. The van der Waals surface area contributed by atoms with Gasteiger partial charge in [-0.3, -0.25) is 0 Å². The van der Waals surface area contributed by atoms with Crippen LogP contribution in [-0.4, -0.2) is 37.1 Å². The fourth-order valence-corrected chi connectivity index (χ4v) is 3.57. The number of benzene rings is 1. The van der Waals surface area contributed by atoms with Crippen molar-refractivity contribution in [2.24, 2.45) is 0 Å². The number of halogens is 1. The van der Waals surface area contributed by atoms with Crippen LogP contribution in [0.5, 0.6) is 0 Å². The molecule has 2 N–H and O–H groups in total. The number of nitrogens with two attached hydrogens (primary N) is 1. The maximum absolute atomic E-state index is 13.1. The molecule has 3 rings (SSSR count). The van der Waals surface area contributed by atoms with Crippen molar-refractivity contribution in [1.29, 1.82) is 0 Å². The Balaban J connectivity index is 1.60. The number of nitrogen functional groups attached to an aromatic ring is 1. The number of piperidine rings is 2. The average molecular weight is 277 g/mol. The first-order valence-electron chi connectivity index (χ1n) is 7.78. The van der Waals surface area contributed by atoms with E-state index in [1.54, 1.807) is 0 Å². The van der Waals surface area contributed by atoms with Crippen molar-refractivity contribution in [3.05, 3.63) is 24.0 Å². The van der Waals surface area contributed by atoms with Crippen molar-refractivity contribution in [2.75, 3.05) is 36.8 Å². The zero-order chi connectivity index (χ0) is 13.9. The first-order valence-corrected chi connectivity index (χ1v) is 7.78. The molecule has 0 unspecified atom stereocenters. The summed E-state index contributed by atoms with van der Waals surface area (Å²) < 4.78 is 13.1. The Morgan fingerprint density at radius 3 is 2.35 bits per heavy atom. The lowest BCUT2D eigenvalue weighted by Gasteiger charge is -2.41. The molecule has 0 bridgehead atoms. The van der Waals surface area contributed by atoms with E-state index >= 15 is 0 Å². The lowest BCUT2D eigenvalue weighted by atomic mass is 9.99. The SMILES string of the molecule is Nc1cc(F)ccc1N1CCC(N2CCCCC2)CC1. The van der Waals surface area contributed by atoms with E-state index in [2.05, 4.69) is 9.80 Å². The minimum Gasteiger partial charge on any atom is -0.397 e. The normalized spacial score (nSPS) is 22.1. The van der Waals surface area contributed by atoms with E-state index in [0.29, 0.717) is 5.69 Å². The fourth-order valence-electron chi connectivity index (χ4n) is 3.57. The van der Waals surface area contributed by atoms with Crippen molar-refractivity contribution in [1.82, 2.24) is 4.90 Å². The lowest BCUT2D eigenvalue weighted by molar-refractivity contribution is 0.141. The van der Waals surface area contributed by atoms with Gasteiger partial charge in [0.2, 0.25) is 0 Å². The molecule has 0 amide bonds. The molecule has 0 saturated carbocycles. The molecule has 110 valence electrons. The van der Waals surface area contributed by atoms with Crippen molar-refractivity contribution in [2.45, 2.75) is 38.1 Å². The van der Waals surface area contributed by atoms with Gasteiger partial charge in [-0.15, -0.1) is 0 Å². The maximum Gasteiger partial charge on any atom is 0.125 e. The molecule has 2 saturated heterocycles. The van der Waals surface area contributed by atoms with Crippen LogP contribution in [0.25, 0.3) is 0 Å². The molecule has 20 heavy (non-hydrogen) atoms. The van der Waals surface area contributed by atoms with Crippen molar-refractivity contribution in [3.8, 4) is 0 Å². The minimum atomic E-state index is -0.255. The fraction of sp³-hybridized carbons (Fsp3) is 0.625. The summed E-state index contributed by atoms with van der Waals surface area (Å²) in [6.45, 7) is 4.58. The Hall–Kier alpha value is -1.29. The predicted molar refractivity (Wildman–Crippen MR) is 81.5 cm³/mol. The molecule has 0 atom stereocenters. The van der Waals surface area contributed by atoms with Gasteiger partial charge in [0.05, 0.1) is 11.4 Å². The zero-order valence-electron chi connectivity index (χ0n) is 12.0. The number of nitrogens with zero attached hydrogens (tertiary/aromatic N) is 2. The Labute approximate surface area is 120 Å². The molecule has 2 aliphatic heterocycles. The second kappa shape index (κ2) is 6.00. The summed E-state index contributed by atoms with van der Waals surface area (Å²) in [6.07, 6.45) is 6.48. The van der Waals surface area contributed by atoms with Gasteiger partial charge >= 0.3 is 0 Å². The topological polar surface area (TPSA) is 32.5 Å². The Morgan fingerprint density at radius 2 is 1.70 bits per heavy atom. The number of hydrogen-bond donors (Lipinski definition) is 1. The maximum atomic E-state index is 13.1. The molecule has 2 heterocycles. The number of rotatable bonds is 2. The van der Waals surface area contributed by atoms with Crippen LogP contribution in [-0.2, 0) is 0 Å². The highest BCUT2D eigenvalue weighted by Gasteiger charge is 2.26. The largest absolute Gasteiger partial charge is 0.397 e. The predicted octanol–water partition coefficient (Wildman–Crippen LogP) is 2.86. The molecule has 4 heteroatoms. The summed E-state index contributed by atoms with van der Waals surface area (Å²) >= 11 is 0. The van der Waals surface area contributed by atoms with Crippen LogP contribution in [0.1, 0.15) is 32.1 Å². The van der Waals surface area contributed by atoms with E-state index < -0.39 is 0 Å². The van der Waals surface area contributed by atoms with Crippen molar-refractivity contribution < 1.29 is 4.39 Å². The third kappa shape index (κ3) is 2.90. The standard InChI is InChI=1S/C16H24FN3/c17-13-4-5-16(15(18)12-13)20-10-6-14(7-11-20)19-8-2-1-3-9-19/h4-5,12,14H,1-3,6-11,18H2. The van der Waals surface area contributed by atoms with Gasteiger partial charge in [-0.2, -0.15) is 0 Å². The zero-order valence-corrected chi connectivity index (χ0v) is 12.0. The quantitative estimate of drug-likeness (QED) is 0.844. The number of hydrogen-bond acceptors (Lipinski definition) is 3. The monoisotopic (exact) mass is 277 g/mol. The van der Waals surface area contributed by atoms with Gasteiger partial charge in [0.1, 0.15) is 5.82 Å². The summed E-state index contributed by atoms with van der Waals surface area (Å²) in [5.74, 6) is -0.255. The molecule has 1 aromatic carbocycles. The molecule has 0 radical (unpaired) electrons. The summed E-state index contributed by atoms with van der Waals surface area (Å²) in [4.78, 5) is 4.96. The highest BCUT2D eigenvalue weighted by Crippen LogP contribution is 2.28.